The van der Waals surface area contributed by atoms with E-state index in [4.69, 9.17) is 23.8 Å². The predicted octanol–water partition coefficient (Wildman–Crippen LogP) is 2.28. The number of carbonyl (C=O) groups excluding carboxylic acids is 6. The number of pyridine rings is 1. The first-order chi connectivity index (χ1) is 42.9. The van der Waals surface area contributed by atoms with E-state index in [2.05, 4.69) is 36.4 Å². The predicted molar refractivity (Wildman–Crippen MR) is 316 cm³/mol. The zero-order valence-corrected chi connectivity index (χ0v) is 48.3. The monoisotopic (exact) mass is 1240 g/mol. The minimum atomic E-state index is -3.79. The summed E-state index contributed by atoms with van der Waals surface area (Å²) in [6.07, 6.45) is 5.09. The molecular weight excluding hydrogens is 1180 g/mol. The van der Waals surface area contributed by atoms with E-state index in [1.165, 1.54) is 30.5 Å². The molecule has 6 aromatic rings. The molecule has 0 saturated carbocycles. The highest BCUT2D eigenvalue weighted by Gasteiger charge is 2.39. The number of aromatic nitrogens is 4. The number of amides is 4. The van der Waals surface area contributed by atoms with Gasteiger partial charge in [0.25, 0.3) is 29.1 Å². The summed E-state index contributed by atoms with van der Waals surface area (Å²) in [5, 5.41) is 48.0. The van der Waals surface area contributed by atoms with Crippen molar-refractivity contribution in [2.24, 2.45) is 0 Å². The van der Waals surface area contributed by atoms with E-state index < -0.39 is 101 Å². The summed E-state index contributed by atoms with van der Waals surface area (Å²) in [5.41, 5.74) is -2.39. The fraction of sp³-hybridized carbons (Fsp3) is 0.283. The number of ether oxygens (including phenoxy) is 4. The Bertz CT molecular complexity index is 3850. The van der Waals surface area contributed by atoms with Crippen LogP contribution in [0.25, 0.3) is 17.3 Å². The number of H-pyrrole nitrogens is 2. The average molecular weight is 1250 g/mol. The van der Waals surface area contributed by atoms with Crippen LogP contribution in [-0.4, -0.2) is 160 Å². The third-order valence-electron chi connectivity index (χ3n) is 13.8. The number of nitrogens with zero attached hydrogens (tertiary/aromatic N) is 2. The van der Waals surface area contributed by atoms with Crippen LogP contribution in [0.5, 0.6) is 0 Å². The molecule has 0 radical (unpaired) electrons. The van der Waals surface area contributed by atoms with Crippen LogP contribution in [0.1, 0.15) is 117 Å². The summed E-state index contributed by atoms with van der Waals surface area (Å²) >= 11 is 0. The molecule has 28 nitrogen and oxygen atoms in total. The number of carboxylic acid groups (broad SMARTS) is 2. The number of aliphatic hydroxyl groups is 2. The van der Waals surface area contributed by atoms with E-state index in [1.807, 2.05) is 0 Å². The number of ketones is 2. The molecule has 0 fully saturated rings. The number of aliphatic hydroxyl groups excluding tert-OH is 2. The average Bonchev–Trinajstić information content (AvgIpc) is 1.77. The van der Waals surface area contributed by atoms with E-state index in [9.17, 15) is 68.4 Å². The number of aromatic amines is 2. The lowest BCUT2D eigenvalue weighted by Gasteiger charge is -2.23. The Balaban J connectivity index is 0.745. The SMILES string of the molecule is O=C(/C=C/c1cn([C@H]2CC(O)=C(CO)O2)c(=O)[nH]c1=O)NCCCCCCNC(=O)c1ccc(C(=O)NCCOCCOCCOCCONC(=O)c2cc(C(=O)O)c3c(n2)C(=O)C(=O)c2cc(C(=O)O)[nH]c2-3)c(P(=O)(c2ccccc2)c2ccccc2)c1. The number of nitrogens with one attached hydrogen (secondary N) is 6. The van der Waals surface area contributed by atoms with Crippen molar-refractivity contribution in [3.05, 3.63) is 181 Å². The van der Waals surface area contributed by atoms with Gasteiger partial charge in [-0.1, -0.05) is 73.5 Å². The number of benzene rings is 3. The van der Waals surface area contributed by atoms with E-state index in [1.54, 1.807) is 60.7 Å². The number of hydroxylamine groups is 1. The van der Waals surface area contributed by atoms with Crippen molar-refractivity contribution < 1.29 is 87.1 Å². The summed E-state index contributed by atoms with van der Waals surface area (Å²) in [5.74, 6) is -8.23. The normalized spacial score (nSPS) is 13.6. The number of carboxylic acids is 2. The zero-order valence-electron chi connectivity index (χ0n) is 47.4. The second-order valence-corrected chi connectivity index (χ2v) is 22.5. The molecule has 466 valence electrons. The summed E-state index contributed by atoms with van der Waals surface area (Å²) in [4.78, 5) is 141. The van der Waals surface area contributed by atoms with Crippen LogP contribution >= 0.6 is 7.14 Å². The summed E-state index contributed by atoms with van der Waals surface area (Å²) in [6.45, 7) is 0.571. The molecule has 0 saturated heterocycles. The molecule has 0 spiro atoms. The van der Waals surface area contributed by atoms with Crippen LogP contribution in [0.4, 0.5) is 0 Å². The maximum Gasteiger partial charge on any atom is 0.352 e. The Hall–Kier alpha value is -9.96. The highest BCUT2D eigenvalue weighted by atomic mass is 31.2. The van der Waals surface area contributed by atoms with Crippen molar-refractivity contribution >= 4 is 76.3 Å². The number of hydrogen-bond acceptors (Lipinski definition) is 19. The second-order valence-electron chi connectivity index (χ2n) is 19.8. The van der Waals surface area contributed by atoms with Gasteiger partial charge in [-0.25, -0.2) is 24.8 Å². The second kappa shape index (κ2) is 30.6. The lowest BCUT2D eigenvalue weighted by Crippen LogP contribution is -2.35. The van der Waals surface area contributed by atoms with Gasteiger partial charge < -0.3 is 64.9 Å². The van der Waals surface area contributed by atoms with Crippen molar-refractivity contribution in [2.75, 3.05) is 72.5 Å². The number of carbonyl (C=O) groups is 8. The van der Waals surface area contributed by atoms with Crippen LogP contribution < -0.4 is 48.6 Å². The Kier molecular flexibility index (Phi) is 22.4. The van der Waals surface area contributed by atoms with Gasteiger partial charge in [-0.3, -0.25) is 48.0 Å². The topological polar surface area (TPSA) is 412 Å². The third-order valence-corrected chi connectivity index (χ3v) is 16.9. The largest absolute Gasteiger partial charge is 0.508 e. The fourth-order valence-electron chi connectivity index (χ4n) is 9.41. The van der Waals surface area contributed by atoms with Crippen LogP contribution in [-0.2, 0) is 33.1 Å². The van der Waals surface area contributed by atoms with Crippen LogP contribution in [0.3, 0.4) is 0 Å². The number of hydrogen-bond donors (Lipinski definition) is 10. The molecule has 1 atom stereocenters. The minimum absolute atomic E-state index is 0.0141. The van der Waals surface area contributed by atoms with E-state index >= 15 is 4.57 Å². The molecule has 1 aliphatic carbocycles. The first-order valence-corrected chi connectivity index (χ1v) is 29.5. The third kappa shape index (κ3) is 16.0. The molecule has 3 aromatic carbocycles. The van der Waals surface area contributed by atoms with Gasteiger partial charge in [-0.15, -0.1) is 0 Å². The number of unbranched alkanes of at least 4 members (excludes halogenated alkanes) is 3. The molecule has 8 rings (SSSR count). The number of fused-ring (bicyclic) bond motifs is 3. The lowest BCUT2D eigenvalue weighted by molar-refractivity contribution is -0.116. The van der Waals surface area contributed by atoms with Crippen molar-refractivity contribution in [1.82, 2.24) is 40.9 Å². The zero-order chi connectivity index (χ0) is 63.6. The summed E-state index contributed by atoms with van der Waals surface area (Å²) in [6, 6.07) is 23.6. The van der Waals surface area contributed by atoms with Crippen molar-refractivity contribution in [1.29, 1.82) is 0 Å². The smallest absolute Gasteiger partial charge is 0.352 e. The molecule has 89 heavy (non-hydrogen) atoms. The highest BCUT2D eigenvalue weighted by Crippen LogP contribution is 2.44. The molecule has 2 aliphatic rings. The molecule has 1 aliphatic heterocycles. The van der Waals surface area contributed by atoms with Crippen LogP contribution in [0.15, 0.2) is 124 Å². The highest BCUT2D eigenvalue weighted by molar-refractivity contribution is 7.85. The summed E-state index contributed by atoms with van der Waals surface area (Å²) in [7, 11) is -3.79. The van der Waals surface area contributed by atoms with Crippen molar-refractivity contribution in [3.63, 3.8) is 0 Å². The van der Waals surface area contributed by atoms with Gasteiger partial charge >= 0.3 is 17.6 Å². The van der Waals surface area contributed by atoms with E-state index in [0.29, 0.717) is 49.4 Å². The Labute approximate surface area is 505 Å². The van der Waals surface area contributed by atoms with Gasteiger partial charge in [0.05, 0.1) is 80.6 Å². The Morgan fingerprint density at radius 2 is 1.33 bits per heavy atom. The molecule has 10 N–H and O–H groups in total. The molecular formula is C60H61N8O20P. The number of Topliss-reactive ketones (excluding diaryl/α,β-unsaturated/α-hetero) is 2. The molecule has 29 heteroatoms. The number of rotatable bonds is 32. The van der Waals surface area contributed by atoms with E-state index in [-0.39, 0.29) is 110 Å². The minimum Gasteiger partial charge on any atom is -0.508 e. The molecule has 4 amide bonds. The van der Waals surface area contributed by atoms with Crippen LogP contribution in [0.2, 0.25) is 0 Å². The lowest BCUT2D eigenvalue weighted by atomic mass is 9.88. The first-order valence-electron chi connectivity index (χ1n) is 27.8. The molecule has 0 bridgehead atoms. The quantitative estimate of drug-likeness (QED) is 0.00952. The first kappa shape index (κ1) is 65.0. The van der Waals surface area contributed by atoms with Gasteiger partial charge in [0.1, 0.15) is 29.4 Å². The van der Waals surface area contributed by atoms with Gasteiger partial charge in [-0.2, -0.15) is 0 Å². The van der Waals surface area contributed by atoms with Gasteiger partial charge in [0.2, 0.25) is 11.7 Å². The van der Waals surface area contributed by atoms with Gasteiger partial charge in [-0.05, 0) is 49.2 Å². The molecule has 3 aromatic heterocycles. The van der Waals surface area contributed by atoms with Crippen molar-refractivity contribution in [3.8, 4) is 11.3 Å². The molecule has 0 unspecified atom stereocenters. The summed E-state index contributed by atoms with van der Waals surface area (Å²) < 4.78 is 38.7. The maximum absolute atomic E-state index is 15.6. The van der Waals surface area contributed by atoms with Gasteiger partial charge in [0.15, 0.2) is 19.1 Å². The fourth-order valence-corrected chi connectivity index (χ4v) is 12.3. The molecule has 4 heterocycles. The van der Waals surface area contributed by atoms with E-state index in [0.717, 1.165) is 22.8 Å². The Morgan fingerprint density at radius 3 is 1.96 bits per heavy atom. The maximum atomic E-state index is 15.6. The van der Waals surface area contributed by atoms with Crippen molar-refractivity contribution in [2.45, 2.75) is 38.3 Å². The standard InChI is InChI=1S/C60H61N8O20P/c69-34-45-44(70)32-48(88-45)68-33-36(55(75)66-60(68)82)16-18-47(71)61-19-9-1-2-10-20-62-54(74)35-15-17-39(46(29-35)89(83,37-11-5-3-6-12-37)38-13-7-4-8-14-38)56(76)63-21-22-84-23-24-85-25-26-86-27-28-87-67-57(77)42-30-40(58(78)79)49-50-41(31-43(65-50)59(80)81)52(72)53(73)51(49)64-42/h3-8,11-18,29-31,33,48,65,69-70H,1-2,9-10,19-28,32,34H2,(H,61,71)(H,62,74)(H,63,76)(H,67,77)(H,78,79)(H,80,81)(H,66,75,82)/b18-16+/t48-/m1/s1. The van der Waals surface area contributed by atoms with Crippen LogP contribution in [0, 0.1) is 0 Å². The number of aromatic carboxylic acids is 2. The Morgan fingerprint density at radius 1 is 0.697 bits per heavy atom. The van der Waals surface area contributed by atoms with Gasteiger partial charge in [0, 0.05) is 58.9 Å².